The third-order valence-electron chi connectivity index (χ3n) is 4.18. The zero-order valence-electron chi connectivity index (χ0n) is 13.4. The Morgan fingerprint density at radius 3 is 2.81 bits per heavy atom. The number of rotatable bonds is 4. The number of H-pyrrole nitrogens is 1. The lowest BCUT2D eigenvalue weighted by Crippen LogP contribution is -2.10. The monoisotopic (exact) mass is 367 g/mol. The van der Waals surface area contributed by atoms with E-state index in [-0.39, 0.29) is 33.2 Å². The molecule has 0 aliphatic heterocycles. The maximum Gasteiger partial charge on any atom is 0.293 e. The lowest BCUT2D eigenvalue weighted by molar-refractivity contribution is -0.383. The largest absolute Gasteiger partial charge is 0.508 e. The van der Waals surface area contributed by atoms with Crippen LogP contribution in [0.15, 0.2) is 52.0 Å². The van der Waals surface area contributed by atoms with Crippen LogP contribution in [0.25, 0.3) is 21.8 Å². The molecule has 0 fully saturated rings. The fourth-order valence-corrected chi connectivity index (χ4v) is 3.61. The maximum absolute atomic E-state index is 13.0. The van der Waals surface area contributed by atoms with Crippen molar-refractivity contribution in [3.63, 3.8) is 0 Å². The number of anilines is 1. The van der Waals surface area contributed by atoms with Gasteiger partial charge in [0.1, 0.15) is 11.3 Å². The van der Waals surface area contributed by atoms with Gasteiger partial charge in [-0.25, -0.2) is 0 Å². The van der Waals surface area contributed by atoms with Crippen molar-refractivity contribution in [2.24, 2.45) is 0 Å². The topological polar surface area (TPSA) is 108 Å². The Bertz CT molecular complexity index is 1200. The van der Waals surface area contributed by atoms with E-state index < -0.39 is 4.92 Å². The summed E-state index contributed by atoms with van der Waals surface area (Å²) in [7, 11) is 0. The number of thiophene rings is 1. The van der Waals surface area contributed by atoms with Crippen molar-refractivity contribution in [2.75, 3.05) is 5.32 Å². The van der Waals surface area contributed by atoms with Crippen LogP contribution < -0.4 is 10.7 Å². The van der Waals surface area contributed by atoms with Crippen molar-refractivity contribution in [1.29, 1.82) is 0 Å². The number of nitro benzene ring substituents is 1. The van der Waals surface area contributed by atoms with Gasteiger partial charge in [0.25, 0.3) is 5.69 Å². The Balaban J connectivity index is 1.98. The van der Waals surface area contributed by atoms with Gasteiger partial charge in [0.15, 0.2) is 5.43 Å². The summed E-state index contributed by atoms with van der Waals surface area (Å²) in [5.74, 6) is -0.0411. The fraction of sp³-hybridized carbons (Fsp3) is 0.0556. The van der Waals surface area contributed by atoms with Gasteiger partial charge < -0.3 is 15.4 Å². The molecule has 7 nitrogen and oxygen atoms in total. The maximum atomic E-state index is 13.0. The van der Waals surface area contributed by atoms with Crippen LogP contribution >= 0.6 is 11.3 Å². The molecule has 4 aromatic rings. The Morgan fingerprint density at radius 1 is 1.23 bits per heavy atom. The molecule has 4 rings (SSSR count). The van der Waals surface area contributed by atoms with Crippen LogP contribution in [0, 0.1) is 10.1 Å². The number of phenols is 1. The van der Waals surface area contributed by atoms with E-state index in [0.717, 1.165) is 5.56 Å². The number of benzene rings is 2. The van der Waals surface area contributed by atoms with E-state index in [4.69, 9.17) is 0 Å². The predicted octanol–water partition coefficient (Wildman–Crippen LogP) is 3.97. The van der Waals surface area contributed by atoms with Gasteiger partial charge in [0, 0.05) is 23.7 Å². The number of non-ortho nitro benzene ring substituents is 1. The standard InChI is InChI=1S/C18H13N3O4S/c22-11-1-2-13-12(7-11)18(23)16-14(19-8-10-5-6-26-9-10)3-4-15(21(24)25)17(16)20-13/h1-7,9,19,22H,8H2,(H,20,23). The molecular formula is C18H13N3O4S. The minimum Gasteiger partial charge on any atom is -0.508 e. The lowest BCUT2D eigenvalue weighted by Gasteiger charge is -2.10. The molecule has 0 unspecified atom stereocenters. The normalized spacial score (nSPS) is 11.1. The first-order valence-corrected chi connectivity index (χ1v) is 8.70. The van der Waals surface area contributed by atoms with Crippen molar-refractivity contribution in [1.82, 2.24) is 4.98 Å². The van der Waals surface area contributed by atoms with Gasteiger partial charge in [0.2, 0.25) is 0 Å². The quantitative estimate of drug-likeness (QED) is 0.287. The zero-order valence-corrected chi connectivity index (χ0v) is 14.2. The first-order chi connectivity index (χ1) is 12.5. The summed E-state index contributed by atoms with van der Waals surface area (Å²) >= 11 is 1.57. The molecule has 130 valence electrons. The molecular weight excluding hydrogens is 354 g/mol. The van der Waals surface area contributed by atoms with E-state index in [9.17, 15) is 20.0 Å². The predicted molar refractivity (Wildman–Crippen MR) is 102 cm³/mol. The van der Waals surface area contributed by atoms with Gasteiger partial charge in [-0.1, -0.05) is 0 Å². The molecule has 0 spiro atoms. The molecule has 2 aromatic heterocycles. The molecule has 0 radical (unpaired) electrons. The molecule has 3 N–H and O–H groups in total. The highest BCUT2D eigenvalue weighted by Crippen LogP contribution is 2.30. The SMILES string of the molecule is O=c1c2cc(O)ccc2[nH]c2c([N+](=O)[O-])ccc(NCc3ccsc3)c12. The summed E-state index contributed by atoms with van der Waals surface area (Å²) in [5.41, 5.74) is 1.60. The number of nitrogens with one attached hydrogen (secondary N) is 2. The smallest absolute Gasteiger partial charge is 0.293 e. The van der Waals surface area contributed by atoms with Crippen LogP contribution in [0.3, 0.4) is 0 Å². The highest BCUT2D eigenvalue weighted by Gasteiger charge is 2.19. The van der Waals surface area contributed by atoms with Gasteiger partial charge >= 0.3 is 0 Å². The molecule has 0 atom stereocenters. The summed E-state index contributed by atoms with van der Waals surface area (Å²) < 4.78 is 0. The highest BCUT2D eigenvalue weighted by molar-refractivity contribution is 7.07. The summed E-state index contributed by atoms with van der Waals surface area (Å²) in [6.45, 7) is 0.494. The van der Waals surface area contributed by atoms with E-state index >= 15 is 0 Å². The third kappa shape index (κ3) is 2.66. The van der Waals surface area contributed by atoms with Crippen molar-refractivity contribution in [3.8, 4) is 5.75 Å². The lowest BCUT2D eigenvalue weighted by atomic mass is 10.1. The number of fused-ring (bicyclic) bond motifs is 2. The Hall–Kier alpha value is -3.39. The van der Waals surface area contributed by atoms with Gasteiger partial charge in [-0.3, -0.25) is 14.9 Å². The summed E-state index contributed by atoms with van der Waals surface area (Å²) in [4.78, 5) is 26.9. The molecule has 0 bridgehead atoms. The number of phenolic OH excluding ortho intramolecular Hbond substituents is 1. The molecule has 0 saturated carbocycles. The molecule has 8 heteroatoms. The molecule has 0 saturated heterocycles. The average Bonchev–Trinajstić information content (AvgIpc) is 3.13. The second-order valence-corrected chi connectivity index (χ2v) is 6.59. The van der Waals surface area contributed by atoms with E-state index in [0.29, 0.717) is 17.7 Å². The Labute approximate surface area is 150 Å². The number of aromatic nitrogens is 1. The number of aromatic amines is 1. The van der Waals surface area contributed by atoms with Gasteiger partial charge in [0.05, 0.1) is 15.8 Å². The summed E-state index contributed by atoms with van der Waals surface area (Å²) in [5, 5.41) is 28.7. The van der Waals surface area contributed by atoms with Crippen molar-refractivity contribution >= 4 is 44.5 Å². The highest BCUT2D eigenvalue weighted by atomic mass is 32.1. The van der Waals surface area contributed by atoms with Gasteiger partial charge in [-0.05, 0) is 46.7 Å². The number of aromatic hydroxyl groups is 1. The van der Waals surface area contributed by atoms with Gasteiger partial charge in [-0.2, -0.15) is 11.3 Å². The fourth-order valence-electron chi connectivity index (χ4n) is 2.94. The van der Waals surface area contributed by atoms with Crippen molar-refractivity contribution < 1.29 is 10.0 Å². The van der Waals surface area contributed by atoms with Gasteiger partial charge in [-0.15, -0.1) is 0 Å². The summed E-state index contributed by atoms with van der Waals surface area (Å²) in [6.07, 6.45) is 0. The van der Waals surface area contributed by atoms with E-state index in [2.05, 4.69) is 10.3 Å². The van der Waals surface area contributed by atoms with Crippen LogP contribution in [-0.2, 0) is 6.54 Å². The zero-order chi connectivity index (χ0) is 18.3. The molecule has 0 aliphatic carbocycles. The number of hydrogen-bond donors (Lipinski definition) is 3. The number of nitro groups is 1. The first kappa shape index (κ1) is 16.1. The number of nitrogens with zero attached hydrogens (tertiary/aromatic N) is 1. The minimum absolute atomic E-state index is 0.0411. The average molecular weight is 367 g/mol. The summed E-state index contributed by atoms with van der Waals surface area (Å²) in [6, 6.07) is 9.19. The first-order valence-electron chi connectivity index (χ1n) is 7.75. The third-order valence-corrected chi connectivity index (χ3v) is 4.91. The molecule has 0 aliphatic rings. The Morgan fingerprint density at radius 2 is 2.08 bits per heavy atom. The molecule has 2 heterocycles. The number of pyridine rings is 1. The van der Waals surface area contributed by atoms with Crippen molar-refractivity contribution in [2.45, 2.75) is 6.54 Å². The second-order valence-electron chi connectivity index (χ2n) is 5.81. The van der Waals surface area contributed by atoms with Crippen LogP contribution in [-0.4, -0.2) is 15.0 Å². The molecule has 0 amide bonds. The molecule has 26 heavy (non-hydrogen) atoms. The van der Waals surface area contributed by atoms with Crippen LogP contribution in [0.5, 0.6) is 5.75 Å². The molecule has 2 aromatic carbocycles. The van der Waals surface area contributed by atoms with Crippen LogP contribution in [0.2, 0.25) is 0 Å². The number of hydrogen-bond acceptors (Lipinski definition) is 6. The van der Waals surface area contributed by atoms with E-state index in [1.807, 2.05) is 16.8 Å². The van der Waals surface area contributed by atoms with E-state index in [1.54, 1.807) is 11.3 Å². The minimum atomic E-state index is -0.521. The van der Waals surface area contributed by atoms with E-state index in [1.165, 1.54) is 30.3 Å². The van der Waals surface area contributed by atoms with Crippen molar-refractivity contribution in [3.05, 3.63) is 73.1 Å². The van der Waals surface area contributed by atoms with Crippen LogP contribution in [0.4, 0.5) is 11.4 Å². The van der Waals surface area contributed by atoms with Crippen LogP contribution in [0.1, 0.15) is 5.56 Å². The Kier molecular flexibility index (Phi) is 3.81. The second kappa shape index (κ2) is 6.16.